The van der Waals surface area contributed by atoms with E-state index >= 15 is 0 Å². The maximum Gasteiger partial charge on any atom is 0.0283 e. The molecule has 0 aliphatic rings. The van der Waals surface area contributed by atoms with Crippen LogP contribution in [0.3, 0.4) is 0 Å². The highest BCUT2D eigenvalue weighted by Gasteiger charge is 2.16. The summed E-state index contributed by atoms with van der Waals surface area (Å²) < 4.78 is 0. The van der Waals surface area contributed by atoms with Crippen molar-refractivity contribution < 1.29 is 0 Å². The fourth-order valence-electron chi connectivity index (χ4n) is 3.79. The standard InChI is InChI=1S/C29H25Br/c1-2-22-13-17-26(18-14-22)28(24-9-5-3-6-10-24)29(25-11-7-4-8-12-25)27-19-15-23(21-30)16-20-27/h3-20H,2,21H2,1H3/b29-28+. The first-order valence-corrected chi connectivity index (χ1v) is 11.5. The third-order valence-corrected chi connectivity index (χ3v) is 6.07. The summed E-state index contributed by atoms with van der Waals surface area (Å²) in [5.74, 6) is 0. The summed E-state index contributed by atoms with van der Waals surface area (Å²) in [6.45, 7) is 2.20. The third-order valence-electron chi connectivity index (χ3n) is 5.42. The van der Waals surface area contributed by atoms with Crippen molar-refractivity contribution in [2.75, 3.05) is 0 Å². The highest BCUT2D eigenvalue weighted by atomic mass is 79.9. The average molecular weight is 453 g/mol. The van der Waals surface area contributed by atoms with E-state index in [4.69, 9.17) is 0 Å². The lowest BCUT2D eigenvalue weighted by Gasteiger charge is -2.18. The molecular weight excluding hydrogens is 428 g/mol. The third kappa shape index (κ3) is 4.47. The quantitative estimate of drug-likeness (QED) is 0.204. The van der Waals surface area contributed by atoms with Crippen molar-refractivity contribution in [3.05, 3.63) is 143 Å². The molecule has 0 saturated carbocycles. The number of benzene rings is 4. The monoisotopic (exact) mass is 452 g/mol. The van der Waals surface area contributed by atoms with Gasteiger partial charge in [0.05, 0.1) is 0 Å². The Morgan fingerprint density at radius 2 is 0.867 bits per heavy atom. The van der Waals surface area contributed by atoms with E-state index in [0.717, 1.165) is 11.8 Å². The van der Waals surface area contributed by atoms with Crippen molar-refractivity contribution in [2.45, 2.75) is 18.7 Å². The van der Waals surface area contributed by atoms with Crippen molar-refractivity contribution in [3.63, 3.8) is 0 Å². The van der Waals surface area contributed by atoms with Gasteiger partial charge < -0.3 is 0 Å². The van der Waals surface area contributed by atoms with Gasteiger partial charge in [-0.15, -0.1) is 0 Å². The lowest BCUT2D eigenvalue weighted by molar-refractivity contribution is 1.14. The van der Waals surface area contributed by atoms with Crippen LogP contribution in [0.15, 0.2) is 109 Å². The van der Waals surface area contributed by atoms with E-state index < -0.39 is 0 Å². The van der Waals surface area contributed by atoms with Crippen LogP contribution in [0.1, 0.15) is 40.3 Å². The van der Waals surface area contributed by atoms with Crippen LogP contribution in [0.2, 0.25) is 0 Å². The van der Waals surface area contributed by atoms with Crippen LogP contribution in [0.25, 0.3) is 11.1 Å². The van der Waals surface area contributed by atoms with E-state index in [1.165, 1.54) is 44.5 Å². The number of alkyl halides is 1. The number of hydrogen-bond donors (Lipinski definition) is 0. The van der Waals surface area contributed by atoms with Crippen LogP contribution in [-0.2, 0) is 11.8 Å². The Kier molecular flexibility index (Phi) is 6.61. The molecule has 0 fully saturated rings. The summed E-state index contributed by atoms with van der Waals surface area (Å²) in [5, 5.41) is 0.863. The van der Waals surface area contributed by atoms with Gasteiger partial charge in [-0.1, -0.05) is 132 Å². The second-order valence-electron chi connectivity index (χ2n) is 7.36. The number of halogens is 1. The predicted octanol–water partition coefficient (Wildman–Crippen LogP) is 8.15. The Balaban J connectivity index is 2.03. The van der Waals surface area contributed by atoms with Crippen LogP contribution in [-0.4, -0.2) is 0 Å². The predicted molar refractivity (Wildman–Crippen MR) is 133 cm³/mol. The SMILES string of the molecule is CCc1ccc(/C(=C(\c2ccccc2)c2ccc(CBr)cc2)c2ccccc2)cc1. The Bertz CT molecular complexity index is 1010. The Morgan fingerprint density at radius 1 is 0.500 bits per heavy atom. The minimum atomic E-state index is 0.863. The molecule has 0 aromatic heterocycles. The molecule has 1 heteroatoms. The van der Waals surface area contributed by atoms with Crippen molar-refractivity contribution in [1.29, 1.82) is 0 Å². The van der Waals surface area contributed by atoms with Crippen LogP contribution in [0.4, 0.5) is 0 Å². The van der Waals surface area contributed by atoms with Gasteiger partial charge in [0.15, 0.2) is 0 Å². The van der Waals surface area contributed by atoms with Crippen molar-refractivity contribution in [2.24, 2.45) is 0 Å². The van der Waals surface area contributed by atoms with Crippen LogP contribution in [0, 0.1) is 0 Å². The second kappa shape index (κ2) is 9.73. The van der Waals surface area contributed by atoms with E-state index in [0.29, 0.717) is 0 Å². The highest BCUT2D eigenvalue weighted by molar-refractivity contribution is 9.08. The first kappa shape index (κ1) is 20.4. The first-order chi connectivity index (χ1) is 14.8. The zero-order valence-electron chi connectivity index (χ0n) is 17.2. The molecular formula is C29H25Br. The summed E-state index contributed by atoms with van der Waals surface area (Å²) in [4.78, 5) is 0. The second-order valence-corrected chi connectivity index (χ2v) is 7.92. The van der Waals surface area contributed by atoms with Crippen molar-refractivity contribution >= 4 is 27.1 Å². The molecule has 0 heterocycles. The fraction of sp³-hybridized carbons (Fsp3) is 0.103. The van der Waals surface area contributed by atoms with Gasteiger partial charge in [0.2, 0.25) is 0 Å². The lowest BCUT2D eigenvalue weighted by atomic mass is 9.85. The van der Waals surface area contributed by atoms with Gasteiger partial charge in [-0.2, -0.15) is 0 Å². The van der Waals surface area contributed by atoms with Crippen molar-refractivity contribution in [1.82, 2.24) is 0 Å². The molecule has 0 N–H and O–H groups in total. The molecule has 0 atom stereocenters. The normalized spacial score (nSPS) is 11.8. The van der Waals surface area contributed by atoms with E-state index in [1.807, 2.05) is 0 Å². The Hall–Kier alpha value is -2.90. The largest absolute Gasteiger partial charge is 0.0876 e. The zero-order valence-corrected chi connectivity index (χ0v) is 18.8. The fourth-order valence-corrected chi connectivity index (χ4v) is 4.16. The maximum atomic E-state index is 3.57. The van der Waals surface area contributed by atoms with E-state index in [-0.39, 0.29) is 0 Å². The molecule has 0 aliphatic heterocycles. The van der Waals surface area contributed by atoms with Crippen LogP contribution in [0.5, 0.6) is 0 Å². The van der Waals surface area contributed by atoms with Gasteiger partial charge in [0.25, 0.3) is 0 Å². The van der Waals surface area contributed by atoms with E-state index in [1.54, 1.807) is 0 Å². The topological polar surface area (TPSA) is 0 Å². The highest BCUT2D eigenvalue weighted by Crippen LogP contribution is 2.37. The molecule has 0 bridgehead atoms. The summed E-state index contributed by atoms with van der Waals surface area (Å²) in [7, 11) is 0. The lowest BCUT2D eigenvalue weighted by Crippen LogP contribution is -1.98. The van der Waals surface area contributed by atoms with E-state index in [9.17, 15) is 0 Å². The Morgan fingerprint density at radius 3 is 1.23 bits per heavy atom. The van der Waals surface area contributed by atoms with Gasteiger partial charge in [0, 0.05) is 5.33 Å². The Labute approximate surface area is 188 Å². The molecule has 148 valence electrons. The molecule has 0 amide bonds. The number of rotatable bonds is 6. The maximum absolute atomic E-state index is 3.57. The van der Waals surface area contributed by atoms with Gasteiger partial charge in [-0.05, 0) is 50.9 Å². The van der Waals surface area contributed by atoms with Crippen LogP contribution < -0.4 is 0 Å². The minimum Gasteiger partial charge on any atom is -0.0876 e. The average Bonchev–Trinajstić information content (AvgIpc) is 2.84. The molecule has 0 saturated heterocycles. The van der Waals surface area contributed by atoms with Gasteiger partial charge in [-0.3, -0.25) is 0 Å². The van der Waals surface area contributed by atoms with Crippen molar-refractivity contribution in [3.8, 4) is 0 Å². The van der Waals surface area contributed by atoms with Gasteiger partial charge in [-0.25, -0.2) is 0 Å². The molecule has 0 spiro atoms. The number of hydrogen-bond acceptors (Lipinski definition) is 0. The van der Waals surface area contributed by atoms with Gasteiger partial charge in [0.1, 0.15) is 0 Å². The minimum absolute atomic E-state index is 0.863. The van der Waals surface area contributed by atoms with Gasteiger partial charge >= 0.3 is 0 Å². The summed E-state index contributed by atoms with van der Waals surface area (Å²) in [6, 6.07) is 39.3. The van der Waals surface area contributed by atoms with E-state index in [2.05, 4.69) is 132 Å². The summed E-state index contributed by atoms with van der Waals surface area (Å²) in [5.41, 5.74) is 10.1. The molecule has 0 radical (unpaired) electrons. The molecule has 4 aromatic rings. The summed E-state index contributed by atoms with van der Waals surface area (Å²) in [6.07, 6.45) is 1.05. The molecule has 0 aliphatic carbocycles. The first-order valence-electron chi connectivity index (χ1n) is 10.4. The molecule has 4 rings (SSSR count). The molecule has 30 heavy (non-hydrogen) atoms. The number of aryl methyl sites for hydroxylation is 1. The zero-order chi connectivity index (χ0) is 20.8. The molecule has 4 aromatic carbocycles. The molecule has 0 nitrogen and oxygen atoms in total. The molecule has 0 unspecified atom stereocenters. The smallest absolute Gasteiger partial charge is 0.0283 e. The van der Waals surface area contributed by atoms with Crippen LogP contribution >= 0.6 is 15.9 Å². The summed E-state index contributed by atoms with van der Waals surface area (Å²) >= 11 is 3.57.